The first-order valence-corrected chi connectivity index (χ1v) is 10.3. The molecule has 166 valence electrons. The Labute approximate surface area is 179 Å². The van der Waals surface area contributed by atoms with Crippen LogP contribution in [0.3, 0.4) is 0 Å². The molecule has 1 aromatic carbocycles. The van der Waals surface area contributed by atoms with Crippen LogP contribution < -0.4 is 15.5 Å². The van der Waals surface area contributed by atoms with Crippen LogP contribution >= 0.6 is 0 Å². The minimum atomic E-state index is -0.720. The molecule has 0 aliphatic carbocycles. The van der Waals surface area contributed by atoms with Gasteiger partial charge in [-0.1, -0.05) is 0 Å². The normalized spacial score (nSPS) is 14.5. The van der Waals surface area contributed by atoms with Gasteiger partial charge in [0.25, 0.3) is 0 Å². The maximum Gasteiger partial charge on any atom is 0.414 e. The molecule has 2 N–H and O–H groups in total. The van der Waals surface area contributed by atoms with Gasteiger partial charge in [0.1, 0.15) is 11.2 Å². The van der Waals surface area contributed by atoms with Crippen molar-refractivity contribution in [2.24, 2.45) is 4.99 Å². The number of aliphatic imine (C=N–C) groups is 1. The number of anilines is 1. The maximum atomic E-state index is 12.2. The molecule has 0 radical (unpaired) electrons. The van der Waals surface area contributed by atoms with Crippen LogP contribution in [0.2, 0.25) is 0 Å². The van der Waals surface area contributed by atoms with Gasteiger partial charge in [-0.05, 0) is 85.1 Å². The van der Waals surface area contributed by atoms with E-state index >= 15 is 0 Å². The predicted molar refractivity (Wildman–Crippen MR) is 118 cm³/mol. The summed E-state index contributed by atoms with van der Waals surface area (Å²) >= 11 is 0. The molecule has 30 heavy (non-hydrogen) atoms. The first-order chi connectivity index (χ1) is 13.9. The van der Waals surface area contributed by atoms with Crippen LogP contribution in [0, 0.1) is 0 Å². The van der Waals surface area contributed by atoms with Crippen LogP contribution in [-0.2, 0) is 9.47 Å². The largest absolute Gasteiger partial charge is 0.444 e. The lowest BCUT2D eigenvalue weighted by atomic mass is 10.1. The molecule has 1 saturated heterocycles. The van der Waals surface area contributed by atoms with E-state index in [9.17, 15) is 9.59 Å². The van der Waals surface area contributed by atoms with Gasteiger partial charge >= 0.3 is 12.2 Å². The minimum absolute atomic E-state index is 0.0655. The second-order valence-electron chi connectivity index (χ2n) is 9.28. The van der Waals surface area contributed by atoms with Crippen molar-refractivity contribution in [3.05, 3.63) is 24.3 Å². The van der Waals surface area contributed by atoms with Crippen LogP contribution in [0.15, 0.2) is 29.3 Å². The summed E-state index contributed by atoms with van der Waals surface area (Å²) in [7, 11) is 0. The molecule has 0 saturated carbocycles. The van der Waals surface area contributed by atoms with Gasteiger partial charge in [0.2, 0.25) is 5.96 Å². The average Bonchev–Trinajstić information content (AvgIpc) is 2.59. The first-order valence-electron chi connectivity index (χ1n) is 10.3. The van der Waals surface area contributed by atoms with Gasteiger partial charge < -0.3 is 14.4 Å². The Bertz CT molecular complexity index is 723. The van der Waals surface area contributed by atoms with E-state index in [0.29, 0.717) is 5.69 Å². The van der Waals surface area contributed by atoms with E-state index in [-0.39, 0.29) is 5.96 Å². The van der Waals surface area contributed by atoms with Gasteiger partial charge in [-0.2, -0.15) is 0 Å². The molecule has 1 aliphatic heterocycles. The number of piperidine rings is 1. The molecule has 8 nitrogen and oxygen atoms in total. The van der Waals surface area contributed by atoms with E-state index in [1.807, 2.05) is 24.3 Å². The molecule has 0 unspecified atom stereocenters. The Morgan fingerprint density at radius 3 is 1.73 bits per heavy atom. The summed E-state index contributed by atoms with van der Waals surface area (Å²) in [4.78, 5) is 31.0. The highest BCUT2D eigenvalue weighted by Crippen LogP contribution is 2.23. The van der Waals surface area contributed by atoms with E-state index in [4.69, 9.17) is 9.47 Å². The number of amides is 2. The molecular weight excluding hydrogens is 384 g/mol. The summed E-state index contributed by atoms with van der Waals surface area (Å²) in [5.41, 5.74) is 0.349. The fraction of sp³-hybridized carbons (Fsp3) is 0.591. The van der Waals surface area contributed by atoms with E-state index in [2.05, 4.69) is 20.5 Å². The maximum absolute atomic E-state index is 12.2. The lowest BCUT2D eigenvalue weighted by Gasteiger charge is -2.28. The molecule has 1 fully saturated rings. The zero-order valence-corrected chi connectivity index (χ0v) is 18.9. The number of benzene rings is 1. The monoisotopic (exact) mass is 418 g/mol. The Hall–Kier alpha value is -2.77. The number of hydrogen-bond acceptors (Lipinski definition) is 6. The lowest BCUT2D eigenvalue weighted by molar-refractivity contribution is 0.0545. The van der Waals surface area contributed by atoms with E-state index < -0.39 is 23.4 Å². The van der Waals surface area contributed by atoms with Gasteiger partial charge in [0, 0.05) is 18.8 Å². The number of guanidine groups is 1. The van der Waals surface area contributed by atoms with Crippen molar-refractivity contribution in [2.75, 3.05) is 18.0 Å². The Balaban J connectivity index is 2.15. The van der Waals surface area contributed by atoms with Crippen molar-refractivity contribution >= 4 is 29.5 Å². The summed E-state index contributed by atoms with van der Waals surface area (Å²) in [6, 6.07) is 7.67. The number of carbonyl (C=O) groups is 2. The first kappa shape index (κ1) is 23.5. The molecule has 2 rings (SSSR count). The molecular formula is C22H34N4O4. The molecule has 0 spiro atoms. The van der Waals surface area contributed by atoms with Crippen LogP contribution in [0.1, 0.15) is 60.8 Å². The quantitative estimate of drug-likeness (QED) is 0.536. The molecule has 1 heterocycles. The Morgan fingerprint density at radius 1 is 0.833 bits per heavy atom. The third kappa shape index (κ3) is 8.71. The second-order valence-corrected chi connectivity index (χ2v) is 9.28. The molecule has 0 atom stereocenters. The number of rotatable bonds is 2. The fourth-order valence-corrected chi connectivity index (χ4v) is 2.91. The summed E-state index contributed by atoms with van der Waals surface area (Å²) < 4.78 is 10.5. The van der Waals surface area contributed by atoms with Crippen LogP contribution in [0.4, 0.5) is 21.0 Å². The zero-order valence-electron chi connectivity index (χ0n) is 18.9. The smallest absolute Gasteiger partial charge is 0.414 e. The molecule has 1 aliphatic rings. The number of carbonyl (C=O) groups excluding carboxylic acids is 2. The van der Waals surface area contributed by atoms with Gasteiger partial charge in [0.05, 0.1) is 5.69 Å². The van der Waals surface area contributed by atoms with E-state index in [1.165, 1.54) is 19.3 Å². The number of nitrogens with zero attached hydrogens (tertiary/aromatic N) is 2. The fourth-order valence-electron chi connectivity index (χ4n) is 2.91. The Morgan fingerprint density at radius 2 is 1.30 bits per heavy atom. The second kappa shape index (κ2) is 9.82. The predicted octanol–water partition coefficient (Wildman–Crippen LogP) is 4.71. The number of alkyl carbamates (subject to hydrolysis) is 2. The van der Waals surface area contributed by atoms with Crippen molar-refractivity contribution in [1.82, 2.24) is 10.6 Å². The van der Waals surface area contributed by atoms with Crippen molar-refractivity contribution in [3.63, 3.8) is 0 Å². The lowest BCUT2D eigenvalue weighted by Crippen LogP contribution is -2.47. The number of hydrogen-bond donors (Lipinski definition) is 2. The topological polar surface area (TPSA) is 92.3 Å². The third-order valence-electron chi connectivity index (χ3n) is 4.05. The average molecular weight is 419 g/mol. The van der Waals surface area contributed by atoms with Gasteiger partial charge in [-0.25, -0.2) is 14.6 Å². The molecule has 0 bridgehead atoms. The van der Waals surface area contributed by atoms with Crippen molar-refractivity contribution in [2.45, 2.75) is 72.0 Å². The van der Waals surface area contributed by atoms with Gasteiger partial charge in [-0.3, -0.25) is 10.6 Å². The van der Waals surface area contributed by atoms with E-state index in [0.717, 1.165) is 18.8 Å². The van der Waals surface area contributed by atoms with Gasteiger partial charge in [-0.15, -0.1) is 0 Å². The zero-order chi connectivity index (χ0) is 22.4. The van der Waals surface area contributed by atoms with Crippen molar-refractivity contribution in [3.8, 4) is 0 Å². The van der Waals surface area contributed by atoms with E-state index in [1.54, 1.807) is 41.5 Å². The summed E-state index contributed by atoms with van der Waals surface area (Å²) in [6.07, 6.45) is 2.23. The SMILES string of the molecule is CC(C)(C)OC(=O)NC(=Nc1ccc(N2CCCCC2)cc1)NC(=O)OC(C)(C)C. The molecule has 8 heteroatoms. The highest BCUT2D eigenvalue weighted by Gasteiger charge is 2.21. The molecule has 0 aromatic heterocycles. The summed E-state index contributed by atoms with van der Waals surface area (Å²) in [5.74, 6) is -0.0655. The van der Waals surface area contributed by atoms with Crippen LogP contribution in [0.25, 0.3) is 0 Å². The highest BCUT2D eigenvalue weighted by atomic mass is 16.6. The van der Waals surface area contributed by atoms with Crippen molar-refractivity contribution < 1.29 is 19.1 Å². The summed E-state index contributed by atoms with van der Waals surface area (Å²) in [6.45, 7) is 12.6. The molecule has 2 amide bonds. The van der Waals surface area contributed by atoms with Crippen LogP contribution in [0.5, 0.6) is 0 Å². The third-order valence-corrected chi connectivity index (χ3v) is 4.05. The summed E-state index contributed by atoms with van der Waals surface area (Å²) in [5, 5.41) is 4.97. The highest BCUT2D eigenvalue weighted by molar-refractivity contribution is 6.02. The molecule has 1 aromatic rings. The van der Waals surface area contributed by atoms with Gasteiger partial charge in [0.15, 0.2) is 0 Å². The number of ether oxygens (including phenoxy) is 2. The Kier molecular flexibility index (Phi) is 7.70. The number of nitrogens with one attached hydrogen (secondary N) is 2. The van der Waals surface area contributed by atoms with Crippen LogP contribution in [-0.4, -0.2) is 42.4 Å². The standard InChI is InChI=1S/C22H34N4O4/c1-21(2,3)29-19(27)24-18(25-20(28)30-22(4,5)6)23-16-10-12-17(13-11-16)26-14-8-7-9-15-26/h10-13H,7-9,14-15H2,1-6H3,(H2,23,24,25,27,28). The minimum Gasteiger partial charge on any atom is -0.444 e. The van der Waals surface area contributed by atoms with Crippen molar-refractivity contribution in [1.29, 1.82) is 0 Å².